The standard InChI is InChI=1S/C11H18N2/c1-4-13(5-2)10-7-6-9(3)11(12)8-10/h6-8H,4-5,12H2,1-3H3. The summed E-state index contributed by atoms with van der Waals surface area (Å²) in [5, 5.41) is 0. The Morgan fingerprint density at radius 1 is 1.23 bits per heavy atom. The minimum absolute atomic E-state index is 0.879. The average molecular weight is 178 g/mol. The van der Waals surface area contributed by atoms with Crippen LogP contribution in [0.5, 0.6) is 0 Å². The maximum Gasteiger partial charge on any atom is 0.0386 e. The van der Waals surface area contributed by atoms with Crippen molar-refractivity contribution in [2.24, 2.45) is 0 Å². The molecule has 13 heavy (non-hydrogen) atoms. The highest BCUT2D eigenvalue weighted by molar-refractivity contribution is 5.59. The summed E-state index contributed by atoms with van der Waals surface area (Å²) in [7, 11) is 0. The molecule has 0 spiro atoms. The lowest BCUT2D eigenvalue weighted by molar-refractivity contribution is 0.866. The zero-order valence-electron chi connectivity index (χ0n) is 8.67. The Hall–Kier alpha value is -1.18. The van der Waals surface area contributed by atoms with Crippen LogP contribution in [0.15, 0.2) is 18.2 Å². The number of nitrogen functional groups attached to an aromatic ring is 1. The van der Waals surface area contributed by atoms with Gasteiger partial charge in [-0.2, -0.15) is 0 Å². The quantitative estimate of drug-likeness (QED) is 0.720. The van der Waals surface area contributed by atoms with Crippen LogP contribution < -0.4 is 10.6 Å². The molecule has 0 aliphatic carbocycles. The molecule has 0 aliphatic rings. The number of rotatable bonds is 3. The molecule has 0 radical (unpaired) electrons. The number of anilines is 2. The third kappa shape index (κ3) is 2.14. The fourth-order valence-electron chi connectivity index (χ4n) is 1.41. The SMILES string of the molecule is CCN(CC)c1ccc(C)c(N)c1. The molecule has 2 heteroatoms. The van der Waals surface area contributed by atoms with Crippen molar-refractivity contribution in [2.75, 3.05) is 23.7 Å². The van der Waals surface area contributed by atoms with Gasteiger partial charge in [0.1, 0.15) is 0 Å². The van der Waals surface area contributed by atoms with Crippen LogP contribution in [0.4, 0.5) is 11.4 Å². The first-order chi connectivity index (χ1) is 6.19. The minimum Gasteiger partial charge on any atom is -0.398 e. The third-order valence-electron chi connectivity index (χ3n) is 2.39. The predicted molar refractivity (Wildman–Crippen MR) is 59.2 cm³/mol. The maximum absolute atomic E-state index is 5.84. The van der Waals surface area contributed by atoms with E-state index in [-0.39, 0.29) is 0 Å². The molecule has 0 aliphatic heterocycles. The van der Waals surface area contributed by atoms with E-state index in [4.69, 9.17) is 5.73 Å². The maximum atomic E-state index is 5.84. The van der Waals surface area contributed by atoms with Gasteiger partial charge in [0.2, 0.25) is 0 Å². The van der Waals surface area contributed by atoms with E-state index in [2.05, 4.69) is 30.9 Å². The molecule has 0 heterocycles. The van der Waals surface area contributed by atoms with E-state index in [0.29, 0.717) is 0 Å². The van der Waals surface area contributed by atoms with Gasteiger partial charge in [-0.25, -0.2) is 0 Å². The summed E-state index contributed by atoms with van der Waals surface area (Å²) in [5.41, 5.74) is 9.09. The molecule has 1 aromatic rings. The van der Waals surface area contributed by atoms with E-state index >= 15 is 0 Å². The summed E-state index contributed by atoms with van der Waals surface area (Å²) >= 11 is 0. The van der Waals surface area contributed by atoms with Crippen molar-refractivity contribution in [3.8, 4) is 0 Å². The molecule has 0 atom stereocenters. The molecule has 2 N–H and O–H groups in total. The number of benzene rings is 1. The Labute approximate surface area is 80.4 Å². The van der Waals surface area contributed by atoms with Gasteiger partial charge >= 0.3 is 0 Å². The van der Waals surface area contributed by atoms with E-state index in [1.165, 1.54) is 5.69 Å². The fourth-order valence-corrected chi connectivity index (χ4v) is 1.41. The van der Waals surface area contributed by atoms with Crippen molar-refractivity contribution in [3.05, 3.63) is 23.8 Å². The highest BCUT2D eigenvalue weighted by Crippen LogP contribution is 2.20. The van der Waals surface area contributed by atoms with Gasteiger partial charge in [-0.3, -0.25) is 0 Å². The van der Waals surface area contributed by atoms with Gasteiger partial charge < -0.3 is 10.6 Å². The monoisotopic (exact) mass is 178 g/mol. The first-order valence-electron chi connectivity index (χ1n) is 4.80. The van der Waals surface area contributed by atoms with Gasteiger partial charge in [-0.1, -0.05) is 6.07 Å². The van der Waals surface area contributed by atoms with Crippen molar-refractivity contribution in [3.63, 3.8) is 0 Å². The van der Waals surface area contributed by atoms with Crippen LogP contribution in [0.1, 0.15) is 19.4 Å². The highest BCUT2D eigenvalue weighted by Gasteiger charge is 2.02. The van der Waals surface area contributed by atoms with E-state index in [9.17, 15) is 0 Å². The van der Waals surface area contributed by atoms with Crippen LogP contribution >= 0.6 is 0 Å². The number of hydrogen-bond donors (Lipinski definition) is 1. The summed E-state index contributed by atoms with van der Waals surface area (Å²) < 4.78 is 0. The number of nitrogens with two attached hydrogens (primary N) is 1. The van der Waals surface area contributed by atoms with Crippen LogP contribution in [0, 0.1) is 6.92 Å². The summed E-state index contributed by atoms with van der Waals surface area (Å²) in [5.74, 6) is 0. The lowest BCUT2D eigenvalue weighted by Gasteiger charge is -2.21. The van der Waals surface area contributed by atoms with Crippen LogP contribution in [0.3, 0.4) is 0 Å². The first kappa shape index (κ1) is 9.90. The second-order valence-electron chi connectivity index (χ2n) is 3.21. The summed E-state index contributed by atoms with van der Waals surface area (Å²) in [6, 6.07) is 6.24. The number of hydrogen-bond acceptors (Lipinski definition) is 2. The van der Waals surface area contributed by atoms with Gasteiger partial charge in [-0.05, 0) is 38.5 Å². The Kier molecular flexibility index (Phi) is 3.18. The van der Waals surface area contributed by atoms with Gasteiger partial charge in [0.15, 0.2) is 0 Å². The van der Waals surface area contributed by atoms with Gasteiger partial charge in [0.05, 0.1) is 0 Å². The normalized spacial score (nSPS) is 10.1. The summed E-state index contributed by atoms with van der Waals surface area (Å²) in [6.07, 6.45) is 0. The van der Waals surface area contributed by atoms with Gasteiger partial charge in [0.25, 0.3) is 0 Å². The minimum atomic E-state index is 0.879. The predicted octanol–water partition coefficient (Wildman–Crippen LogP) is 2.42. The average Bonchev–Trinajstić information content (AvgIpc) is 2.13. The van der Waals surface area contributed by atoms with Gasteiger partial charge in [0, 0.05) is 24.5 Å². The molecular formula is C11H18N2. The third-order valence-corrected chi connectivity index (χ3v) is 2.39. The van der Waals surface area contributed by atoms with Crippen molar-refractivity contribution in [1.29, 1.82) is 0 Å². The number of nitrogens with zero attached hydrogens (tertiary/aromatic N) is 1. The largest absolute Gasteiger partial charge is 0.398 e. The second kappa shape index (κ2) is 4.17. The van der Waals surface area contributed by atoms with E-state index in [1.54, 1.807) is 0 Å². The molecule has 0 saturated heterocycles. The molecule has 1 aromatic carbocycles. The Morgan fingerprint density at radius 3 is 2.31 bits per heavy atom. The molecule has 0 saturated carbocycles. The molecule has 0 amide bonds. The van der Waals surface area contributed by atoms with Crippen molar-refractivity contribution >= 4 is 11.4 Å². The lowest BCUT2D eigenvalue weighted by Crippen LogP contribution is -2.21. The highest BCUT2D eigenvalue weighted by atomic mass is 15.1. The summed E-state index contributed by atoms with van der Waals surface area (Å²) in [4.78, 5) is 2.29. The topological polar surface area (TPSA) is 29.3 Å². The molecule has 72 valence electrons. The molecule has 1 rings (SSSR count). The molecule has 0 fully saturated rings. The fraction of sp³-hybridized carbons (Fsp3) is 0.455. The zero-order valence-corrected chi connectivity index (χ0v) is 8.67. The molecule has 2 nitrogen and oxygen atoms in total. The zero-order chi connectivity index (χ0) is 9.84. The smallest absolute Gasteiger partial charge is 0.0386 e. The second-order valence-corrected chi connectivity index (χ2v) is 3.21. The van der Waals surface area contributed by atoms with Crippen LogP contribution in [-0.4, -0.2) is 13.1 Å². The lowest BCUT2D eigenvalue weighted by atomic mass is 10.2. The van der Waals surface area contributed by atoms with E-state index < -0.39 is 0 Å². The van der Waals surface area contributed by atoms with E-state index in [1.807, 2.05) is 13.0 Å². The van der Waals surface area contributed by atoms with Gasteiger partial charge in [-0.15, -0.1) is 0 Å². The Bertz CT molecular complexity index is 277. The van der Waals surface area contributed by atoms with Crippen LogP contribution in [0.25, 0.3) is 0 Å². The van der Waals surface area contributed by atoms with Crippen molar-refractivity contribution in [2.45, 2.75) is 20.8 Å². The van der Waals surface area contributed by atoms with Crippen LogP contribution in [-0.2, 0) is 0 Å². The summed E-state index contributed by atoms with van der Waals surface area (Å²) in [6.45, 7) is 8.39. The van der Waals surface area contributed by atoms with E-state index in [0.717, 1.165) is 24.3 Å². The molecule has 0 unspecified atom stereocenters. The molecule has 0 aromatic heterocycles. The van der Waals surface area contributed by atoms with Crippen molar-refractivity contribution in [1.82, 2.24) is 0 Å². The number of aryl methyl sites for hydroxylation is 1. The van der Waals surface area contributed by atoms with Crippen LogP contribution in [0.2, 0.25) is 0 Å². The molecule has 0 bridgehead atoms. The first-order valence-corrected chi connectivity index (χ1v) is 4.80. The molecular weight excluding hydrogens is 160 g/mol. The Morgan fingerprint density at radius 2 is 1.85 bits per heavy atom. The van der Waals surface area contributed by atoms with Crippen molar-refractivity contribution < 1.29 is 0 Å². The Balaban J connectivity index is 2.95.